The molecule has 0 fully saturated rings. The number of hydrogen-bond donors (Lipinski definition) is 2. The van der Waals surface area contributed by atoms with Gasteiger partial charge in [0.05, 0.1) is 6.61 Å². The standard InChI is InChI=1S/C13H21NO2/c1-11-6-3-4-7-12(11)13(15,10-16-2)8-5-9-14/h3-4,6-7,15H,5,8-10,14H2,1-2H3. The highest BCUT2D eigenvalue weighted by Crippen LogP contribution is 2.29. The van der Waals surface area contributed by atoms with Crippen LogP contribution in [-0.4, -0.2) is 25.4 Å². The summed E-state index contributed by atoms with van der Waals surface area (Å²) >= 11 is 0. The minimum atomic E-state index is -0.917. The Balaban J connectivity index is 2.96. The molecule has 0 amide bonds. The van der Waals surface area contributed by atoms with E-state index in [2.05, 4.69) is 0 Å². The monoisotopic (exact) mass is 223 g/mol. The van der Waals surface area contributed by atoms with Gasteiger partial charge in [0.2, 0.25) is 0 Å². The summed E-state index contributed by atoms with van der Waals surface area (Å²) < 4.78 is 5.12. The van der Waals surface area contributed by atoms with E-state index in [1.165, 1.54) is 0 Å². The van der Waals surface area contributed by atoms with Crippen LogP contribution in [-0.2, 0) is 10.3 Å². The van der Waals surface area contributed by atoms with Crippen LogP contribution >= 0.6 is 0 Å². The van der Waals surface area contributed by atoms with Gasteiger partial charge in [0.25, 0.3) is 0 Å². The van der Waals surface area contributed by atoms with Gasteiger partial charge >= 0.3 is 0 Å². The van der Waals surface area contributed by atoms with E-state index in [4.69, 9.17) is 10.5 Å². The quantitative estimate of drug-likeness (QED) is 0.769. The normalized spacial score (nSPS) is 14.8. The number of ether oxygens (including phenoxy) is 1. The van der Waals surface area contributed by atoms with Gasteiger partial charge < -0.3 is 15.6 Å². The average Bonchev–Trinajstić information content (AvgIpc) is 2.27. The number of hydrogen-bond acceptors (Lipinski definition) is 3. The van der Waals surface area contributed by atoms with E-state index in [0.717, 1.165) is 17.5 Å². The molecule has 1 atom stereocenters. The summed E-state index contributed by atoms with van der Waals surface area (Å²) in [5.41, 5.74) is 6.60. The van der Waals surface area contributed by atoms with Crippen molar-refractivity contribution in [1.82, 2.24) is 0 Å². The molecule has 1 unspecified atom stereocenters. The fourth-order valence-corrected chi connectivity index (χ4v) is 2.01. The molecule has 3 N–H and O–H groups in total. The topological polar surface area (TPSA) is 55.5 Å². The molecule has 3 nitrogen and oxygen atoms in total. The Kier molecular flexibility index (Phi) is 4.93. The van der Waals surface area contributed by atoms with Crippen molar-refractivity contribution >= 4 is 0 Å². The van der Waals surface area contributed by atoms with Crippen molar-refractivity contribution in [1.29, 1.82) is 0 Å². The Bertz CT molecular complexity index is 327. The lowest BCUT2D eigenvalue weighted by molar-refractivity contribution is -0.0433. The zero-order valence-corrected chi connectivity index (χ0v) is 10.1. The predicted octanol–water partition coefficient (Wildman–Crippen LogP) is 1.57. The summed E-state index contributed by atoms with van der Waals surface area (Å²) in [6.07, 6.45) is 1.41. The van der Waals surface area contributed by atoms with Gasteiger partial charge in [0.15, 0.2) is 0 Å². The van der Waals surface area contributed by atoms with Crippen LogP contribution in [0.15, 0.2) is 24.3 Å². The first-order valence-electron chi connectivity index (χ1n) is 5.61. The summed E-state index contributed by atoms with van der Waals surface area (Å²) in [6, 6.07) is 7.85. The Labute approximate surface area is 97.2 Å². The summed E-state index contributed by atoms with van der Waals surface area (Å²) in [7, 11) is 1.60. The van der Waals surface area contributed by atoms with Crippen molar-refractivity contribution in [3.05, 3.63) is 35.4 Å². The van der Waals surface area contributed by atoms with Crippen LogP contribution in [0.5, 0.6) is 0 Å². The van der Waals surface area contributed by atoms with E-state index >= 15 is 0 Å². The van der Waals surface area contributed by atoms with Crippen LogP contribution in [0.3, 0.4) is 0 Å². The van der Waals surface area contributed by atoms with Crippen molar-refractivity contribution in [2.75, 3.05) is 20.3 Å². The van der Waals surface area contributed by atoms with Crippen molar-refractivity contribution < 1.29 is 9.84 Å². The first-order valence-corrected chi connectivity index (χ1v) is 5.61. The summed E-state index contributed by atoms with van der Waals surface area (Å²) in [5, 5.41) is 10.6. The number of nitrogens with two attached hydrogens (primary N) is 1. The molecule has 90 valence electrons. The van der Waals surface area contributed by atoms with Crippen LogP contribution in [0.4, 0.5) is 0 Å². The van der Waals surface area contributed by atoms with Gasteiger partial charge in [-0.3, -0.25) is 0 Å². The Morgan fingerprint density at radius 3 is 2.62 bits per heavy atom. The lowest BCUT2D eigenvalue weighted by Gasteiger charge is -2.29. The number of aliphatic hydroxyl groups is 1. The summed E-state index contributed by atoms with van der Waals surface area (Å²) in [4.78, 5) is 0. The second-order valence-corrected chi connectivity index (χ2v) is 4.17. The van der Waals surface area contributed by atoms with Crippen molar-refractivity contribution in [2.24, 2.45) is 5.73 Å². The number of methoxy groups -OCH3 is 1. The van der Waals surface area contributed by atoms with Crippen molar-refractivity contribution in [2.45, 2.75) is 25.4 Å². The highest BCUT2D eigenvalue weighted by Gasteiger charge is 2.29. The van der Waals surface area contributed by atoms with Gasteiger partial charge in [-0.05, 0) is 37.4 Å². The van der Waals surface area contributed by atoms with E-state index in [0.29, 0.717) is 19.6 Å². The zero-order chi connectivity index (χ0) is 12.0. The van der Waals surface area contributed by atoms with E-state index in [-0.39, 0.29) is 0 Å². The molecule has 0 aliphatic carbocycles. The van der Waals surface area contributed by atoms with Crippen molar-refractivity contribution in [3.63, 3.8) is 0 Å². The number of aryl methyl sites for hydroxylation is 1. The maximum atomic E-state index is 10.6. The average molecular weight is 223 g/mol. The van der Waals surface area contributed by atoms with E-state index in [9.17, 15) is 5.11 Å². The third-order valence-electron chi connectivity index (χ3n) is 2.82. The molecule has 3 heteroatoms. The Hall–Kier alpha value is -0.900. The molecule has 0 radical (unpaired) electrons. The van der Waals surface area contributed by atoms with Gasteiger partial charge in [-0.2, -0.15) is 0 Å². The maximum Gasteiger partial charge on any atom is 0.113 e. The fraction of sp³-hybridized carbons (Fsp3) is 0.538. The summed E-state index contributed by atoms with van der Waals surface area (Å²) in [5.74, 6) is 0. The first kappa shape index (κ1) is 13.2. The first-order chi connectivity index (χ1) is 7.64. The van der Waals surface area contributed by atoms with Gasteiger partial charge in [-0.1, -0.05) is 24.3 Å². The second kappa shape index (κ2) is 5.99. The lowest BCUT2D eigenvalue weighted by Crippen LogP contribution is -2.32. The van der Waals surface area contributed by atoms with E-state index < -0.39 is 5.60 Å². The lowest BCUT2D eigenvalue weighted by atomic mass is 9.87. The van der Waals surface area contributed by atoms with Crippen LogP contribution in [0.25, 0.3) is 0 Å². The largest absolute Gasteiger partial charge is 0.383 e. The molecule has 0 bridgehead atoms. The number of rotatable bonds is 6. The van der Waals surface area contributed by atoms with E-state index in [1.807, 2.05) is 31.2 Å². The molecule has 1 aromatic carbocycles. The molecule has 0 aliphatic rings. The second-order valence-electron chi connectivity index (χ2n) is 4.17. The van der Waals surface area contributed by atoms with Crippen molar-refractivity contribution in [3.8, 4) is 0 Å². The molecule has 0 spiro atoms. The number of benzene rings is 1. The minimum Gasteiger partial charge on any atom is -0.383 e. The predicted molar refractivity (Wildman–Crippen MR) is 65.2 cm³/mol. The molecular weight excluding hydrogens is 202 g/mol. The minimum absolute atomic E-state index is 0.303. The smallest absolute Gasteiger partial charge is 0.113 e. The van der Waals surface area contributed by atoms with Crippen LogP contribution in [0.1, 0.15) is 24.0 Å². The third-order valence-corrected chi connectivity index (χ3v) is 2.82. The molecule has 0 aromatic heterocycles. The molecule has 1 aromatic rings. The SMILES string of the molecule is COCC(O)(CCCN)c1ccccc1C. The highest BCUT2D eigenvalue weighted by atomic mass is 16.5. The molecule has 16 heavy (non-hydrogen) atoms. The molecule has 1 rings (SSSR count). The Morgan fingerprint density at radius 2 is 2.06 bits per heavy atom. The van der Waals surface area contributed by atoms with Gasteiger partial charge in [-0.25, -0.2) is 0 Å². The zero-order valence-electron chi connectivity index (χ0n) is 10.1. The van der Waals surface area contributed by atoms with E-state index in [1.54, 1.807) is 7.11 Å². The molecular formula is C13H21NO2. The molecule has 0 saturated heterocycles. The van der Waals surface area contributed by atoms with Crippen LogP contribution in [0, 0.1) is 6.92 Å². The third kappa shape index (κ3) is 3.04. The van der Waals surface area contributed by atoms with Gasteiger partial charge in [-0.15, -0.1) is 0 Å². The fourth-order valence-electron chi connectivity index (χ4n) is 2.01. The van der Waals surface area contributed by atoms with Gasteiger partial charge in [0, 0.05) is 7.11 Å². The van der Waals surface area contributed by atoms with Gasteiger partial charge in [0.1, 0.15) is 5.60 Å². The molecule has 0 saturated carbocycles. The maximum absolute atomic E-state index is 10.6. The summed E-state index contributed by atoms with van der Waals surface area (Å²) in [6.45, 7) is 2.88. The molecule has 0 aliphatic heterocycles. The van der Waals surface area contributed by atoms with Crippen LogP contribution in [0.2, 0.25) is 0 Å². The highest BCUT2D eigenvalue weighted by molar-refractivity contribution is 5.31. The van der Waals surface area contributed by atoms with Crippen LogP contribution < -0.4 is 5.73 Å². The Morgan fingerprint density at radius 1 is 1.38 bits per heavy atom. The molecule has 0 heterocycles.